The first-order valence-corrected chi connectivity index (χ1v) is 7.52. The van der Waals surface area contributed by atoms with Gasteiger partial charge in [0.2, 0.25) is 0 Å². The Bertz CT molecular complexity index is 597. The first-order chi connectivity index (χ1) is 9.52. The van der Waals surface area contributed by atoms with Crippen LogP contribution in [0.3, 0.4) is 0 Å². The summed E-state index contributed by atoms with van der Waals surface area (Å²) in [4.78, 5) is 0. The van der Waals surface area contributed by atoms with Crippen LogP contribution in [0.15, 0.2) is 40.9 Å². The van der Waals surface area contributed by atoms with Crippen LogP contribution in [0, 0.1) is 0 Å². The maximum Gasteiger partial charge on any atom is 0.125 e. The van der Waals surface area contributed by atoms with Gasteiger partial charge in [0.15, 0.2) is 0 Å². The molecule has 20 heavy (non-hydrogen) atoms. The molecule has 0 aromatic heterocycles. The number of hydrogen-bond donors (Lipinski definition) is 1. The Morgan fingerprint density at radius 2 is 1.85 bits per heavy atom. The van der Waals surface area contributed by atoms with E-state index in [2.05, 4.69) is 15.9 Å². The zero-order valence-corrected chi connectivity index (χ0v) is 13.8. The van der Waals surface area contributed by atoms with E-state index in [1.807, 2.05) is 18.2 Å². The largest absolute Gasteiger partial charge is 0.496 e. The number of hydrogen-bond acceptors (Lipinski definition) is 2. The minimum absolute atomic E-state index is 0.330. The lowest BCUT2D eigenvalue weighted by atomic mass is 10.0. The molecule has 106 valence electrons. The summed E-state index contributed by atoms with van der Waals surface area (Å²) in [6.07, 6.45) is -0.410. The van der Waals surface area contributed by atoms with E-state index in [1.165, 1.54) is 0 Å². The van der Waals surface area contributed by atoms with Crippen LogP contribution in [0.1, 0.15) is 17.2 Å². The van der Waals surface area contributed by atoms with E-state index in [0.29, 0.717) is 27.8 Å². The van der Waals surface area contributed by atoms with Gasteiger partial charge in [-0.25, -0.2) is 0 Å². The molecule has 0 bridgehead atoms. The molecule has 1 atom stereocenters. The van der Waals surface area contributed by atoms with Crippen molar-refractivity contribution in [2.24, 2.45) is 0 Å². The van der Waals surface area contributed by atoms with Crippen LogP contribution in [0.5, 0.6) is 5.75 Å². The topological polar surface area (TPSA) is 29.5 Å². The Morgan fingerprint density at radius 1 is 1.20 bits per heavy atom. The number of rotatable bonds is 4. The van der Waals surface area contributed by atoms with Gasteiger partial charge in [0, 0.05) is 26.5 Å². The molecule has 2 rings (SSSR count). The van der Waals surface area contributed by atoms with Gasteiger partial charge in [0.05, 0.1) is 13.2 Å². The maximum absolute atomic E-state index is 10.4. The number of methoxy groups -OCH3 is 1. The van der Waals surface area contributed by atoms with Gasteiger partial charge < -0.3 is 9.84 Å². The number of halogens is 3. The SMILES string of the molecule is COc1cc(Br)ccc1C(O)Cc1c(Cl)cccc1Cl. The number of ether oxygens (including phenoxy) is 1. The summed E-state index contributed by atoms with van der Waals surface area (Å²) < 4.78 is 6.18. The Balaban J connectivity index is 2.31. The van der Waals surface area contributed by atoms with Crippen LogP contribution >= 0.6 is 39.1 Å². The molecule has 0 aliphatic carbocycles. The lowest BCUT2D eigenvalue weighted by Gasteiger charge is -2.16. The van der Waals surface area contributed by atoms with Crippen molar-refractivity contribution in [1.82, 2.24) is 0 Å². The van der Waals surface area contributed by atoms with E-state index in [-0.39, 0.29) is 0 Å². The van der Waals surface area contributed by atoms with Gasteiger partial charge in [0.25, 0.3) is 0 Å². The zero-order chi connectivity index (χ0) is 14.7. The number of benzene rings is 2. The third-order valence-electron chi connectivity index (χ3n) is 3.01. The monoisotopic (exact) mass is 374 g/mol. The van der Waals surface area contributed by atoms with E-state index in [1.54, 1.807) is 25.3 Å². The van der Waals surface area contributed by atoms with E-state index in [9.17, 15) is 5.11 Å². The summed E-state index contributed by atoms with van der Waals surface area (Å²) in [5, 5.41) is 11.5. The van der Waals surface area contributed by atoms with Crippen molar-refractivity contribution in [3.63, 3.8) is 0 Å². The highest BCUT2D eigenvalue weighted by molar-refractivity contribution is 9.10. The van der Waals surface area contributed by atoms with Gasteiger partial charge >= 0.3 is 0 Å². The second-order valence-corrected chi connectivity index (χ2v) is 6.04. The van der Waals surface area contributed by atoms with Crippen LogP contribution < -0.4 is 4.74 Å². The molecule has 2 nitrogen and oxygen atoms in total. The van der Waals surface area contributed by atoms with Crippen molar-refractivity contribution in [1.29, 1.82) is 0 Å². The average Bonchev–Trinajstić information content (AvgIpc) is 2.42. The highest BCUT2D eigenvalue weighted by atomic mass is 79.9. The molecular weight excluding hydrogens is 363 g/mol. The molecule has 0 radical (unpaired) electrons. The van der Waals surface area contributed by atoms with Gasteiger partial charge in [-0.15, -0.1) is 0 Å². The van der Waals surface area contributed by atoms with Gasteiger partial charge in [-0.3, -0.25) is 0 Å². The van der Waals surface area contributed by atoms with Gasteiger partial charge in [-0.2, -0.15) is 0 Å². The fourth-order valence-corrected chi connectivity index (χ4v) is 2.88. The van der Waals surface area contributed by atoms with Crippen LogP contribution in [0.25, 0.3) is 0 Å². The van der Waals surface area contributed by atoms with Crippen LogP contribution in [0.4, 0.5) is 0 Å². The fourth-order valence-electron chi connectivity index (χ4n) is 1.99. The Labute approximate surface area is 136 Å². The Kier molecular flexibility index (Phi) is 5.33. The zero-order valence-electron chi connectivity index (χ0n) is 10.7. The smallest absolute Gasteiger partial charge is 0.125 e. The third kappa shape index (κ3) is 3.47. The molecule has 2 aromatic rings. The fraction of sp³-hybridized carbons (Fsp3) is 0.200. The predicted molar refractivity (Wildman–Crippen MR) is 85.8 cm³/mol. The number of aliphatic hydroxyl groups is 1. The molecular formula is C15H13BrCl2O2. The van der Waals surface area contributed by atoms with Crippen molar-refractivity contribution < 1.29 is 9.84 Å². The summed E-state index contributed by atoms with van der Waals surface area (Å²) >= 11 is 15.6. The van der Waals surface area contributed by atoms with Crippen LogP contribution in [-0.2, 0) is 6.42 Å². The second-order valence-electron chi connectivity index (χ2n) is 4.31. The molecule has 0 fully saturated rings. The summed E-state index contributed by atoms with van der Waals surface area (Å²) in [7, 11) is 1.57. The molecule has 0 spiro atoms. The highest BCUT2D eigenvalue weighted by Crippen LogP contribution is 2.33. The molecule has 0 heterocycles. The summed E-state index contributed by atoms with van der Waals surface area (Å²) in [6.45, 7) is 0. The molecule has 0 amide bonds. The van der Waals surface area contributed by atoms with Crippen molar-refractivity contribution >= 4 is 39.1 Å². The Hall–Kier alpha value is -0.740. The lowest BCUT2D eigenvalue weighted by molar-refractivity contribution is 0.174. The van der Waals surface area contributed by atoms with Crippen LogP contribution in [0.2, 0.25) is 10.0 Å². The predicted octanol–water partition coefficient (Wildman–Crippen LogP) is 5.04. The minimum Gasteiger partial charge on any atom is -0.496 e. The van der Waals surface area contributed by atoms with E-state index in [4.69, 9.17) is 27.9 Å². The average molecular weight is 376 g/mol. The third-order valence-corrected chi connectivity index (χ3v) is 4.22. The van der Waals surface area contributed by atoms with Crippen LogP contribution in [-0.4, -0.2) is 12.2 Å². The van der Waals surface area contributed by atoms with Gasteiger partial charge in [-0.1, -0.05) is 51.3 Å². The summed E-state index contributed by atoms with van der Waals surface area (Å²) in [6, 6.07) is 10.8. The van der Waals surface area contributed by atoms with Crippen molar-refractivity contribution in [2.45, 2.75) is 12.5 Å². The standard InChI is InChI=1S/C15H13BrCl2O2/c1-20-15-7-9(16)5-6-10(15)14(19)8-11-12(17)3-2-4-13(11)18/h2-7,14,19H,8H2,1H3. The molecule has 0 aliphatic rings. The molecule has 1 N–H and O–H groups in total. The quantitative estimate of drug-likeness (QED) is 0.810. The number of aliphatic hydroxyl groups excluding tert-OH is 1. The van der Waals surface area contributed by atoms with Gasteiger partial charge in [-0.05, 0) is 29.8 Å². The first-order valence-electron chi connectivity index (χ1n) is 5.97. The van der Waals surface area contributed by atoms with E-state index in [0.717, 1.165) is 10.0 Å². The normalized spacial score (nSPS) is 12.2. The van der Waals surface area contributed by atoms with Crippen molar-refractivity contribution in [3.8, 4) is 5.75 Å². The first kappa shape index (κ1) is 15.6. The lowest BCUT2D eigenvalue weighted by Crippen LogP contribution is -2.05. The minimum atomic E-state index is -0.740. The highest BCUT2D eigenvalue weighted by Gasteiger charge is 2.17. The molecule has 5 heteroatoms. The van der Waals surface area contributed by atoms with Crippen molar-refractivity contribution in [2.75, 3.05) is 7.11 Å². The molecule has 2 aromatic carbocycles. The molecule has 1 unspecified atom stereocenters. The summed E-state index contributed by atoms with van der Waals surface area (Å²) in [5.41, 5.74) is 1.43. The van der Waals surface area contributed by atoms with Gasteiger partial charge in [0.1, 0.15) is 5.75 Å². The molecule has 0 aliphatic heterocycles. The Morgan fingerprint density at radius 3 is 2.45 bits per heavy atom. The second kappa shape index (κ2) is 6.81. The van der Waals surface area contributed by atoms with E-state index < -0.39 is 6.10 Å². The molecule has 0 saturated carbocycles. The maximum atomic E-state index is 10.4. The molecule has 0 saturated heterocycles. The van der Waals surface area contributed by atoms with Crippen molar-refractivity contribution in [3.05, 3.63) is 62.0 Å². The van der Waals surface area contributed by atoms with E-state index >= 15 is 0 Å². The summed E-state index contributed by atoms with van der Waals surface area (Å²) in [5.74, 6) is 0.620.